The largest absolute Gasteiger partial charge is 0.350 e. The number of rotatable bonds is 4. The molecule has 1 atom stereocenters. The van der Waals surface area contributed by atoms with Crippen molar-refractivity contribution >= 4 is 11.8 Å². The Balaban J connectivity index is 4.02. The van der Waals surface area contributed by atoms with E-state index in [0.717, 1.165) is 0 Å². The van der Waals surface area contributed by atoms with Crippen LogP contribution in [-0.4, -0.2) is 29.9 Å². The first-order valence-electron chi connectivity index (χ1n) is 6.25. The number of amides is 2. The molecule has 0 saturated heterocycles. The molecule has 0 aliphatic rings. The van der Waals surface area contributed by atoms with Gasteiger partial charge in [0, 0.05) is 18.0 Å². The molecule has 0 radical (unpaired) electrons. The van der Waals surface area contributed by atoms with Crippen molar-refractivity contribution in [3.8, 4) is 0 Å². The van der Waals surface area contributed by atoms with Crippen LogP contribution in [0.2, 0.25) is 0 Å². The van der Waals surface area contributed by atoms with Crippen molar-refractivity contribution in [2.75, 3.05) is 6.54 Å². The summed E-state index contributed by atoms with van der Waals surface area (Å²) in [5.41, 5.74) is 5.49. The Labute approximate surface area is 110 Å². The average molecular weight is 257 g/mol. The molecule has 0 aromatic carbocycles. The molecule has 0 saturated carbocycles. The summed E-state index contributed by atoms with van der Waals surface area (Å²) < 4.78 is 0. The number of carbonyl (C=O) groups is 2. The van der Waals surface area contributed by atoms with Crippen molar-refractivity contribution in [2.24, 2.45) is 11.1 Å². The standard InChI is InChI=1S/C13H27N3O2/c1-12(2,3)9(14)7-10(17)15-8-11(18)16-13(4,5)6/h9H,7-8,14H2,1-6H3,(H,15,17)(H,16,18). The zero-order chi connectivity index (χ0) is 14.6. The van der Waals surface area contributed by atoms with Crippen molar-refractivity contribution in [2.45, 2.75) is 59.5 Å². The molecule has 0 aromatic heterocycles. The van der Waals surface area contributed by atoms with Crippen LogP contribution in [-0.2, 0) is 9.59 Å². The summed E-state index contributed by atoms with van der Waals surface area (Å²) in [5, 5.41) is 5.35. The molecule has 4 N–H and O–H groups in total. The minimum atomic E-state index is -0.288. The predicted molar refractivity (Wildman–Crippen MR) is 73.0 cm³/mol. The Morgan fingerprint density at radius 1 is 1.06 bits per heavy atom. The molecule has 18 heavy (non-hydrogen) atoms. The van der Waals surface area contributed by atoms with Gasteiger partial charge in [-0.3, -0.25) is 9.59 Å². The second-order valence-electron chi connectivity index (χ2n) is 6.75. The second-order valence-corrected chi connectivity index (χ2v) is 6.75. The van der Waals surface area contributed by atoms with Crippen LogP contribution in [0.15, 0.2) is 0 Å². The first kappa shape index (κ1) is 16.9. The smallest absolute Gasteiger partial charge is 0.239 e. The fourth-order valence-corrected chi connectivity index (χ4v) is 1.22. The lowest BCUT2D eigenvalue weighted by Gasteiger charge is -2.26. The minimum Gasteiger partial charge on any atom is -0.350 e. The fraction of sp³-hybridized carbons (Fsp3) is 0.846. The normalized spacial score (nSPS) is 13.9. The van der Waals surface area contributed by atoms with E-state index >= 15 is 0 Å². The highest BCUT2D eigenvalue weighted by Gasteiger charge is 2.23. The van der Waals surface area contributed by atoms with Gasteiger partial charge < -0.3 is 16.4 Å². The highest BCUT2D eigenvalue weighted by molar-refractivity contribution is 5.85. The Bertz CT molecular complexity index is 300. The molecular weight excluding hydrogens is 230 g/mol. The first-order chi connectivity index (χ1) is 7.92. The van der Waals surface area contributed by atoms with E-state index in [2.05, 4.69) is 10.6 Å². The average Bonchev–Trinajstić information content (AvgIpc) is 2.10. The first-order valence-corrected chi connectivity index (χ1v) is 6.25. The van der Waals surface area contributed by atoms with Crippen molar-refractivity contribution in [3.63, 3.8) is 0 Å². The zero-order valence-electron chi connectivity index (χ0n) is 12.4. The Morgan fingerprint density at radius 3 is 1.94 bits per heavy atom. The van der Waals surface area contributed by atoms with Crippen LogP contribution in [0.4, 0.5) is 0 Å². The van der Waals surface area contributed by atoms with Gasteiger partial charge in [-0.05, 0) is 26.2 Å². The van der Waals surface area contributed by atoms with Gasteiger partial charge in [-0.25, -0.2) is 0 Å². The van der Waals surface area contributed by atoms with Crippen LogP contribution in [0, 0.1) is 5.41 Å². The molecule has 0 rings (SSSR count). The van der Waals surface area contributed by atoms with Gasteiger partial charge in [0.15, 0.2) is 0 Å². The highest BCUT2D eigenvalue weighted by atomic mass is 16.2. The van der Waals surface area contributed by atoms with Crippen LogP contribution >= 0.6 is 0 Å². The monoisotopic (exact) mass is 257 g/mol. The van der Waals surface area contributed by atoms with Crippen LogP contribution in [0.25, 0.3) is 0 Å². The number of carbonyl (C=O) groups excluding carboxylic acids is 2. The molecule has 5 heteroatoms. The number of nitrogens with one attached hydrogen (secondary N) is 2. The Hall–Kier alpha value is -1.10. The molecule has 1 unspecified atom stereocenters. The van der Waals surface area contributed by atoms with E-state index in [4.69, 9.17) is 5.73 Å². The fourth-order valence-electron chi connectivity index (χ4n) is 1.22. The van der Waals surface area contributed by atoms with Gasteiger partial charge in [0.1, 0.15) is 0 Å². The van der Waals surface area contributed by atoms with Gasteiger partial charge in [0.25, 0.3) is 0 Å². The van der Waals surface area contributed by atoms with Crippen LogP contribution < -0.4 is 16.4 Å². The lowest BCUT2D eigenvalue weighted by Crippen LogP contribution is -2.47. The molecule has 0 aromatic rings. The SMILES string of the molecule is CC(C)(C)NC(=O)CNC(=O)CC(N)C(C)(C)C. The third-order valence-corrected chi connectivity index (χ3v) is 2.48. The van der Waals surface area contributed by atoms with Crippen LogP contribution in [0.1, 0.15) is 48.0 Å². The van der Waals surface area contributed by atoms with E-state index in [9.17, 15) is 9.59 Å². The molecule has 0 bridgehead atoms. The topological polar surface area (TPSA) is 84.2 Å². The number of hydrogen-bond donors (Lipinski definition) is 3. The summed E-state index contributed by atoms with van der Waals surface area (Å²) in [7, 11) is 0. The van der Waals surface area contributed by atoms with Crippen molar-refractivity contribution in [3.05, 3.63) is 0 Å². The van der Waals surface area contributed by atoms with Crippen molar-refractivity contribution in [1.29, 1.82) is 0 Å². The maximum Gasteiger partial charge on any atom is 0.239 e. The van der Waals surface area contributed by atoms with Crippen molar-refractivity contribution in [1.82, 2.24) is 10.6 Å². The molecule has 5 nitrogen and oxygen atoms in total. The number of nitrogens with two attached hydrogens (primary N) is 1. The summed E-state index contributed by atoms with van der Waals surface area (Å²) in [6, 6.07) is -0.219. The van der Waals surface area contributed by atoms with Gasteiger partial charge >= 0.3 is 0 Å². The predicted octanol–water partition coefficient (Wildman–Crippen LogP) is 0.781. The molecule has 0 aliphatic heterocycles. The van der Waals surface area contributed by atoms with Gasteiger partial charge in [0.05, 0.1) is 6.54 Å². The lowest BCUT2D eigenvalue weighted by atomic mass is 9.85. The summed E-state index contributed by atoms with van der Waals surface area (Å²) in [5.74, 6) is -0.387. The summed E-state index contributed by atoms with van der Waals surface area (Å²) in [4.78, 5) is 23.1. The molecule has 0 spiro atoms. The zero-order valence-corrected chi connectivity index (χ0v) is 12.4. The third-order valence-electron chi connectivity index (χ3n) is 2.48. The van der Waals surface area contributed by atoms with E-state index in [-0.39, 0.29) is 41.8 Å². The van der Waals surface area contributed by atoms with Gasteiger partial charge in [-0.15, -0.1) is 0 Å². The van der Waals surface area contributed by atoms with Gasteiger partial charge in [-0.1, -0.05) is 20.8 Å². The molecule has 0 heterocycles. The minimum absolute atomic E-state index is 0.00698. The quantitative estimate of drug-likeness (QED) is 0.696. The molecule has 2 amide bonds. The van der Waals surface area contributed by atoms with Crippen molar-refractivity contribution < 1.29 is 9.59 Å². The Morgan fingerprint density at radius 2 is 1.56 bits per heavy atom. The van der Waals surface area contributed by atoms with E-state index in [1.54, 1.807) is 0 Å². The molecular formula is C13H27N3O2. The van der Waals surface area contributed by atoms with E-state index in [1.165, 1.54) is 0 Å². The summed E-state index contributed by atoms with van der Waals surface area (Å²) in [6.45, 7) is 11.6. The molecule has 0 aliphatic carbocycles. The maximum atomic E-state index is 11.6. The summed E-state index contributed by atoms with van der Waals surface area (Å²) in [6.07, 6.45) is 0.228. The lowest BCUT2D eigenvalue weighted by molar-refractivity contribution is -0.127. The third kappa shape index (κ3) is 8.06. The molecule has 106 valence electrons. The van der Waals surface area contributed by atoms with E-state index in [1.807, 2.05) is 41.5 Å². The highest BCUT2D eigenvalue weighted by Crippen LogP contribution is 2.19. The molecule has 0 fully saturated rings. The number of hydrogen-bond acceptors (Lipinski definition) is 3. The van der Waals surface area contributed by atoms with E-state index < -0.39 is 0 Å². The maximum absolute atomic E-state index is 11.6. The second kappa shape index (κ2) is 6.18. The van der Waals surface area contributed by atoms with E-state index in [0.29, 0.717) is 0 Å². The Kier molecular flexibility index (Phi) is 5.80. The van der Waals surface area contributed by atoms with Crippen LogP contribution in [0.3, 0.4) is 0 Å². The van der Waals surface area contributed by atoms with Gasteiger partial charge in [-0.2, -0.15) is 0 Å². The summed E-state index contributed by atoms with van der Waals surface area (Å²) >= 11 is 0. The van der Waals surface area contributed by atoms with Gasteiger partial charge in [0.2, 0.25) is 11.8 Å². The van der Waals surface area contributed by atoms with Crippen LogP contribution in [0.5, 0.6) is 0 Å².